The summed E-state index contributed by atoms with van der Waals surface area (Å²) in [5.74, 6) is -0.594. The van der Waals surface area contributed by atoms with Crippen molar-refractivity contribution in [1.82, 2.24) is 0 Å². The summed E-state index contributed by atoms with van der Waals surface area (Å²) in [5.41, 5.74) is 3.04. The highest BCUT2D eigenvalue weighted by atomic mass is 32.1. The molecule has 0 amide bonds. The summed E-state index contributed by atoms with van der Waals surface area (Å²) in [6.07, 6.45) is 0. The minimum atomic E-state index is -0.504. The molecule has 0 N–H and O–H groups in total. The van der Waals surface area contributed by atoms with Crippen LogP contribution < -0.4 is 9.68 Å². The number of benzene rings is 3. The molecule has 4 rings (SSSR count). The van der Waals surface area contributed by atoms with Crippen LogP contribution in [0, 0.1) is 12.7 Å². The monoisotopic (exact) mass is 380 g/mol. The maximum absolute atomic E-state index is 13.2. The Bertz CT molecular complexity index is 1190. The Balaban J connectivity index is 1.77. The lowest BCUT2D eigenvalue weighted by atomic mass is 10.0. The van der Waals surface area contributed by atoms with Crippen LogP contribution in [0.1, 0.15) is 15.9 Å². The molecular formula is C21H13FO4S. The number of ether oxygens (including phenoxy) is 1. The van der Waals surface area contributed by atoms with Gasteiger partial charge in [-0.15, -0.1) is 0 Å². The highest BCUT2D eigenvalue weighted by Crippen LogP contribution is 2.34. The highest BCUT2D eigenvalue weighted by Gasteiger charge is 2.15. The second kappa shape index (κ2) is 6.81. The third kappa shape index (κ3) is 3.52. The Hall–Kier alpha value is -3.25. The van der Waals surface area contributed by atoms with E-state index in [1.54, 1.807) is 36.4 Å². The van der Waals surface area contributed by atoms with Gasteiger partial charge in [0.05, 0.1) is 10.3 Å². The maximum Gasteiger partial charge on any atom is 0.396 e. The molecule has 0 radical (unpaired) electrons. The van der Waals surface area contributed by atoms with Crippen molar-refractivity contribution >= 4 is 27.6 Å². The zero-order chi connectivity index (χ0) is 19.0. The molecule has 134 valence electrons. The van der Waals surface area contributed by atoms with Crippen LogP contribution in [-0.4, -0.2) is 5.97 Å². The van der Waals surface area contributed by atoms with Gasteiger partial charge in [0.15, 0.2) is 5.58 Å². The van der Waals surface area contributed by atoms with Gasteiger partial charge in [-0.25, -0.2) is 14.0 Å². The summed E-state index contributed by atoms with van der Waals surface area (Å²) in [7, 11) is 0. The molecule has 3 aromatic carbocycles. The summed E-state index contributed by atoms with van der Waals surface area (Å²) in [4.78, 5) is 23.6. The topological polar surface area (TPSA) is 56.5 Å². The predicted molar refractivity (Wildman–Crippen MR) is 102 cm³/mol. The smallest absolute Gasteiger partial charge is 0.396 e. The molecule has 4 aromatic rings. The molecule has 27 heavy (non-hydrogen) atoms. The first-order valence-electron chi connectivity index (χ1n) is 8.12. The molecule has 6 heteroatoms. The van der Waals surface area contributed by atoms with E-state index in [0.717, 1.165) is 16.9 Å². The fraction of sp³-hybridized carbons (Fsp3) is 0.0476. The summed E-state index contributed by atoms with van der Waals surface area (Å²) in [5, 5.41) is 0. The SMILES string of the molecule is Cc1ccc(C(=O)Oc2cc(-c3ccc(F)cc3)c3oc(=O)sc3c2)cc1. The molecule has 1 heterocycles. The third-order valence-corrected chi connectivity index (χ3v) is 4.83. The Morgan fingerprint density at radius 3 is 2.44 bits per heavy atom. The lowest BCUT2D eigenvalue weighted by Gasteiger charge is -2.08. The standard InChI is InChI=1S/C21H13FO4S/c1-12-2-4-14(5-3-12)20(23)25-16-10-17(13-6-8-15(22)9-7-13)19-18(11-16)27-21(24)26-19/h2-11H,1H3. The minimum absolute atomic E-state index is 0.282. The van der Waals surface area contributed by atoms with Gasteiger partial charge < -0.3 is 9.15 Å². The molecule has 0 saturated carbocycles. The van der Waals surface area contributed by atoms with Gasteiger partial charge in [-0.1, -0.05) is 41.2 Å². The Labute approximate surface area is 157 Å². The minimum Gasteiger partial charge on any atom is -0.423 e. The van der Waals surface area contributed by atoms with Gasteiger partial charge >= 0.3 is 10.9 Å². The number of halogens is 1. The number of carbonyl (C=O) groups is 1. The summed E-state index contributed by atoms with van der Waals surface area (Å²) in [6.45, 7) is 1.93. The van der Waals surface area contributed by atoms with Crippen molar-refractivity contribution in [2.75, 3.05) is 0 Å². The van der Waals surface area contributed by atoms with Crippen LogP contribution in [0.15, 0.2) is 69.9 Å². The number of rotatable bonds is 3. The van der Waals surface area contributed by atoms with Gasteiger partial charge in [0, 0.05) is 11.6 Å². The molecule has 0 fully saturated rings. The molecule has 0 unspecified atom stereocenters. The number of hydrogen-bond donors (Lipinski definition) is 0. The van der Waals surface area contributed by atoms with Crippen LogP contribution in [0.25, 0.3) is 21.4 Å². The number of carbonyl (C=O) groups excluding carboxylic acids is 1. The molecule has 0 aliphatic carbocycles. The Morgan fingerprint density at radius 1 is 1.04 bits per heavy atom. The molecule has 1 aromatic heterocycles. The summed E-state index contributed by atoms with van der Waals surface area (Å²) >= 11 is 0.916. The average molecular weight is 380 g/mol. The van der Waals surface area contributed by atoms with Crippen molar-refractivity contribution in [3.63, 3.8) is 0 Å². The third-order valence-electron chi connectivity index (χ3n) is 4.06. The van der Waals surface area contributed by atoms with Crippen molar-refractivity contribution < 1.29 is 18.3 Å². The van der Waals surface area contributed by atoms with Crippen LogP contribution in [0.5, 0.6) is 5.75 Å². The lowest BCUT2D eigenvalue weighted by molar-refractivity contribution is 0.0735. The van der Waals surface area contributed by atoms with Crippen molar-refractivity contribution in [1.29, 1.82) is 0 Å². The molecule has 4 nitrogen and oxygen atoms in total. The predicted octanol–water partition coefficient (Wildman–Crippen LogP) is 5.19. The second-order valence-corrected chi connectivity index (χ2v) is 6.99. The van der Waals surface area contributed by atoms with E-state index in [1.165, 1.54) is 12.1 Å². The molecule has 0 bridgehead atoms. The number of hydrogen-bond acceptors (Lipinski definition) is 5. The van der Waals surface area contributed by atoms with Crippen molar-refractivity contribution in [2.24, 2.45) is 0 Å². The van der Waals surface area contributed by atoms with Crippen LogP contribution >= 0.6 is 11.3 Å². The number of aryl methyl sites for hydroxylation is 1. The van der Waals surface area contributed by atoms with E-state index in [-0.39, 0.29) is 11.6 Å². The largest absolute Gasteiger partial charge is 0.423 e. The molecular weight excluding hydrogens is 367 g/mol. The van der Waals surface area contributed by atoms with Crippen molar-refractivity contribution in [3.05, 3.63) is 87.3 Å². The fourth-order valence-electron chi connectivity index (χ4n) is 2.71. The van der Waals surface area contributed by atoms with Gasteiger partial charge in [-0.2, -0.15) is 0 Å². The number of esters is 1. The van der Waals surface area contributed by atoms with Gasteiger partial charge in [0.25, 0.3) is 0 Å². The maximum atomic E-state index is 13.2. The van der Waals surface area contributed by atoms with E-state index in [2.05, 4.69) is 0 Å². The fourth-order valence-corrected chi connectivity index (χ4v) is 3.43. The molecule has 0 spiro atoms. The lowest BCUT2D eigenvalue weighted by Crippen LogP contribution is -2.08. The quantitative estimate of drug-likeness (QED) is 0.363. The van der Waals surface area contributed by atoms with Crippen LogP contribution in [0.4, 0.5) is 4.39 Å². The van der Waals surface area contributed by atoms with E-state index >= 15 is 0 Å². The first-order valence-corrected chi connectivity index (χ1v) is 8.94. The van der Waals surface area contributed by atoms with E-state index in [9.17, 15) is 14.0 Å². The highest BCUT2D eigenvalue weighted by molar-refractivity contribution is 7.16. The first kappa shape index (κ1) is 17.2. The molecule has 0 aliphatic heterocycles. The second-order valence-electron chi connectivity index (χ2n) is 6.01. The van der Waals surface area contributed by atoms with Gasteiger partial charge in [-0.05, 0) is 42.8 Å². The first-order chi connectivity index (χ1) is 13.0. The van der Waals surface area contributed by atoms with Crippen LogP contribution in [0.2, 0.25) is 0 Å². The Kier molecular flexibility index (Phi) is 4.33. The molecule has 0 atom stereocenters. The van der Waals surface area contributed by atoms with Gasteiger partial charge in [0.2, 0.25) is 0 Å². The van der Waals surface area contributed by atoms with Crippen molar-refractivity contribution in [3.8, 4) is 16.9 Å². The summed E-state index contributed by atoms with van der Waals surface area (Å²) in [6, 6.07) is 16.0. The zero-order valence-corrected chi connectivity index (χ0v) is 15.0. The van der Waals surface area contributed by atoms with E-state index in [0.29, 0.717) is 27.0 Å². The van der Waals surface area contributed by atoms with Gasteiger partial charge in [0.1, 0.15) is 11.6 Å². The number of fused-ring (bicyclic) bond motifs is 1. The van der Waals surface area contributed by atoms with Gasteiger partial charge in [-0.3, -0.25) is 0 Å². The molecule has 0 saturated heterocycles. The zero-order valence-electron chi connectivity index (χ0n) is 14.2. The molecule has 0 aliphatic rings. The van der Waals surface area contributed by atoms with Crippen LogP contribution in [0.3, 0.4) is 0 Å². The Morgan fingerprint density at radius 2 is 1.74 bits per heavy atom. The van der Waals surface area contributed by atoms with Crippen LogP contribution in [-0.2, 0) is 0 Å². The van der Waals surface area contributed by atoms with E-state index in [4.69, 9.17) is 9.15 Å². The summed E-state index contributed by atoms with van der Waals surface area (Å²) < 4.78 is 24.6. The average Bonchev–Trinajstić information content (AvgIpc) is 3.02. The van der Waals surface area contributed by atoms with Crippen molar-refractivity contribution in [2.45, 2.75) is 6.92 Å². The van der Waals surface area contributed by atoms with E-state index < -0.39 is 10.9 Å². The normalized spacial score (nSPS) is 10.9. The van der Waals surface area contributed by atoms with E-state index in [1.807, 2.05) is 19.1 Å².